The van der Waals surface area contributed by atoms with Crippen LogP contribution in [0.4, 0.5) is 5.69 Å². The molecule has 1 N–H and O–H groups in total. The topological polar surface area (TPSA) is 113 Å². The lowest BCUT2D eigenvalue weighted by Crippen LogP contribution is -2.10. The highest BCUT2D eigenvalue weighted by Crippen LogP contribution is 2.24. The fraction of sp³-hybridized carbons (Fsp3) is 0.333. The minimum absolute atomic E-state index is 0.151. The third-order valence-corrected chi connectivity index (χ3v) is 2.45. The Bertz CT molecular complexity index is 548. The molecule has 0 unspecified atom stereocenters. The molecule has 0 aliphatic heterocycles. The zero-order valence-electron chi connectivity index (χ0n) is 10.3. The van der Waals surface area contributed by atoms with E-state index in [9.17, 15) is 20.0 Å². The van der Waals surface area contributed by atoms with Crippen molar-refractivity contribution in [2.24, 2.45) is 0 Å². The van der Waals surface area contributed by atoms with E-state index in [-0.39, 0.29) is 29.8 Å². The van der Waals surface area contributed by atoms with Crippen LogP contribution in [-0.4, -0.2) is 22.6 Å². The highest BCUT2D eigenvalue weighted by Gasteiger charge is 2.19. The molecule has 0 radical (unpaired) electrons. The van der Waals surface area contributed by atoms with Crippen LogP contribution < -0.4 is 0 Å². The molecule has 0 heterocycles. The average Bonchev–Trinajstić information content (AvgIpc) is 2.38. The van der Waals surface area contributed by atoms with Crippen molar-refractivity contribution in [3.05, 3.63) is 38.9 Å². The van der Waals surface area contributed by atoms with E-state index >= 15 is 0 Å². The molecule has 7 nitrogen and oxygen atoms in total. The first kappa shape index (κ1) is 14.6. The third-order valence-electron chi connectivity index (χ3n) is 2.45. The van der Waals surface area contributed by atoms with Crippen LogP contribution in [0.1, 0.15) is 23.6 Å². The molecule has 7 heteroatoms. The fourth-order valence-corrected chi connectivity index (χ4v) is 1.60. The number of nitro benzene ring substituents is 1. The van der Waals surface area contributed by atoms with Crippen molar-refractivity contribution in [2.45, 2.75) is 20.0 Å². The Hall–Kier alpha value is -2.46. The number of benzene rings is 1. The second-order valence-electron chi connectivity index (χ2n) is 3.65. The van der Waals surface area contributed by atoms with Gasteiger partial charge in [-0.3, -0.25) is 14.9 Å². The van der Waals surface area contributed by atoms with Crippen molar-refractivity contribution < 1.29 is 19.6 Å². The van der Waals surface area contributed by atoms with Crippen molar-refractivity contribution in [3.8, 4) is 6.07 Å². The van der Waals surface area contributed by atoms with Crippen molar-refractivity contribution in [1.82, 2.24) is 0 Å². The lowest BCUT2D eigenvalue weighted by Gasteiger charge is -2.08. The van der Waals surface area contributed by atoms with Crippen molar-refractivity contribution in [2.75, 3.05) is 6.61 Å². The van der Waals surface area contributed by atoms with Gasteiger partial charge in [0.05, 0.1) is 24.6 Å². The normalized spacial score (nSPS) is 9.74. The number of aliphatic hydroxyl groups excluding tert-OH is 1. The molecule has 0 saturated carbocycles. The summed E-state index contributed by atoms with van der Waals surface area (Å²) in [5.74, 6) is -0.545. The molecule has 0 aromatic heterocycles. The summed E-state index contributed by atoms with van der Waals surface area (Å²) >= 11 is 0. The summed E-state index contributed by atoms with van der Waals surface area (Å²) < 4.78 is 4.75. The predicted molar refractivity (Wildman–Crippen MR) is 64.1 cm³/mol. The van der Waals surface area contributed by atoms with Gasteiger partial charge in [0.2, 0.25) is 0 Å². The standard InChI is InChI=1S/C12H12N2O5/c1-2-19-12(16)5-8-4-11(14(17)18)9(6-13)3-10(8)7-15/h3-4,15H,2,5,7H2,1H3. The summed E-state index contributed by atoms with van der Waals surface area (Å²) in [6.07, 6.45) is -0.184. The predicted octanol–water partition coefficient (Wildman–Crippen LogP) is 1.06. The monoisotopic (exact) mass is 264 g/mol. The van der Waals surface area contributed by atoms with E-state index in [1.807, 2.05) is 0 Å². The summed E-state index contributed by atoms with van der Waals surface area (Å²) in [5, 5.41) is 28.8. The third kappa shape index (κ3) is 3.50. The summed E-state index contributed by atoms with van der Waals surface area (Å²) in [4.78, 5) is 21.5. The Morgan fingerprint density at radius 1 is 1.53 bits per heavy atom. The Labute approximate surface area is 109 Å². The number of nitriles is 1. The molecule has 0 amide bonds. The number of nitrogens with zero attached hydrogens (tertiary/aromatic N) is 2. The zero-order valence-corrected chi connectivity index (χ0v) is 10.3. The van der Waals surface area contributed by atoms with Gasteiger partial charge in [-0.25, -0.2) is 0 Å². The largest absolute Gasteiger partial charge is 0.466 e. The lowest BCUT2D eigenvalue weighted by molar-refractivity contribution is -0.385. The van der Waals surface area contributed by atoms with Gasteiger partial charge in [-0.15, -0.1) is 0 Å². The van der Waals surface area contributed by atoms with Gasteiger partial charge in [0, 0.05) is 6.07 Å². The highest BCUT2D eigenvalue weighted by molar-refractivity contribution is 5.74. The smallest absolute Gasteiger partial charge is 0.310 e. The number of carbonyl (C=O) groups excluding carboxylic acids is 1. The van der Waals surface area contributed by atoms with Crippen LogP contribution in [0.2, 0.25) is 0 Å². The SMILES string of the molecule is CCOC(=O)Cc1cc([N+](=O)[O-])c(C#N)cc1CO. The van der Waals surface area contributed by atoms with Crippen molar-refractivity contribution in [3.63, 3.8) is 0 Å². The zero-order chi connectivity index (χ0) is 14.4. The van der Waals surface area contributed by atoms with Crippen LogP contribution in [0.5, 0.6) is 0 Å². The Morgan fingerprint density at radius 3 is 2.68 bits per heavy atom. The van der Waals surface area contributed by atoms with Crippen LogP contribution in [-0.2, 0) is 22.6 Å². The molecule has 0 fully saturated rings. The molecule has 1 rings (SSSR count). The molecule has 1 aromatic rings. The summed E-state index contributed by atoms with van der Waals surface area (Å²) in [7, 11) is 0. The van der Waals surface area contributed by atoms with Gasteiger partial charge in [0.1, 0.15) is 11.6 Å². The maximum Gasteiger partial charge on any atom is 0.310 e. The van der Waals surface area contributed by atoms with Gasteiger partial charge >= 0.3 is 5.97 Å². The van der Waals surface area contributed by atoms with E-state index in [1.165, 1.54) is 6.07 Å². The maximum atomic E-state index is 11.4. The van der Waals surface area contributed by atoms with Gasteiger partial charge in [-0.1, -0.05) is 0 Å². The maximum absolute atomic E-state index is 11.4. The van der Waals surface area contributed by atoms with Gasteiger partial charge in [0.15, 0.2) is 0 Å². The van der Waals surface area contributed by atoms with Crippen LogP contribution in [0, 0.1) is 21.4 Å². The summed E-state index contributed by atoms with van der Waals surface area (Å²) in [6.45, 7) is 1.43. The Morgan fingerprint density at radius 2 is 2.21 bits per heavy atom. The van der Waals surface area contributed by atoms with E-state index in [1.54, 1.807) is 13.0 Å². The number of nitro groups is 1. The lowest BCUT2D eigenvalue weighted by atomic mass is 10.0. The average molecular weight is 264 g/mol. The van der Waals surface area contributed by atoms with E-state index in [0.717, 1.165) is 6.07 Å². The molecule has 0 aliphatic carbocycles. The number of esters is 1. The first-order valence-corrected chi connectivity index (χ1v) is 5.50. The number of carbonyl (C=O) groups is 1. The van der Waals surface area contributed by atoms with Crippen LogP contribution in [0.15, 0.2) is 12.1 Å². The van der Waals surface area contributed by atoms with E-state index in [4.69, 9.17) is 10.00 Å². The van der Waals surface area contributed by atoms with E-state index < -0.39 is 17.5 Å². The van der Waals surface area contributed by atoms with Crippen LogP contribution in [0.3, 0.4) is 0 Å². The van der Waals surface area contributed by atoms with Gasteiger partial charge in [0.25, 0.3) is 5.69 Å². The van der Waals surface area contributed by atoms with Gasteiger partial charge < -0.3 is 9.84 Å². The molecule has 100 valence electrons. The van der Waals surface area contributed by atoms with Crippen LogP contribution in [0.25, 0.3) is 0 Å². The second-order valence-corrected chi connectivity index (χ2v) is 3.65. The second kappa shape index (κ2) is 6.47. The summed E-state index contributed by atoms with van der Waals surface area (Å²) in [6, 6.07) is 4.03. The molecule has 0 saturated heterocycles. The highest BCUT2D eigenvalue weighted by atomic mass is 16.6. The first-order valence-electron chi connectivity index (χ1n) is 5.50. The van der Waals surface area contributed by atoms with E-state index in [0.29, 0.717) is 5.56 Å². The quantitative estimate of drug-likeness (QED) is 0.483. The first-order chi connectivity index (χ1) is 9.03. The van der Waals surface area contributed by atoms with E-state index in [2.05, 4.69) is 0 Å². The minimum Gasteiger partial charge on any atom is -0.466 e. The number of hydrogen-bond acceptors (Lipinski definition) is 6. The molecule has 0 atom stereocenters. The number of hydrogen-bond donors (Lipinski definition) is 1. The Balaban J connectivity index is 3.23. The molecule has 0 aliphatic rings. The van der Waals surface area contributed by atoms with Crippen molar-refractivity contribution in [1.29, 1.82) is 5.26 Å². The Kier molecular flexibility index (Phi) is 4.97. The molecular formula is C12H12N2O5. The number of rotatable bonds is 5. The fourth-order valence-electron chi connectivity index (χ4n) is 1.60. The van der Waals surface area contributed by atoms with Gasteiger partial charge in [-0.05, 0) is 24.1 Å². The molecule has 0 spiro atoms. The number of ether oxygens (including phenoxy) is 1. The van der Waals surface area contributed by atoms with Gasteiger partial charge in [-0.2, -0.15) is 5.26 Å². The number of aliphatic hydroxyl groups is 1. The molecule has 0 bridgehead atoms. The molecule has 19 heavy (non-hydrogen) atoms. The van der Waals surface area contributed by atoms with Crippen LogP contribution >= 0.6 is 0 Å². The molecular weight excluding hydrogens is 252 g/mol. The minimum atomic E-state index is -0.700. The van der Waals surface area contributed by atoms with Crippen molar-refractivity contribution >= 4 is 11.7 Å². The summed E-state index contributed by atoms with van der Waals surface area (Å²) in [5.41, 5.74) is 0.0440. The molecule has 1 aromatic carbocycles.